The normalized spacial score (nSPS) is 17.4. The third kappa shape index (κ3) is 1.82. The van der Waals surface area contributed by atoms with E-state index in [4.69, 9.17) is 9.47 Å². The molecule has 0 aliphatic carbocycles. The van der Waals surface area contributed by atoms with Crippen molar-refractivity contribution in [2.45, 2.75) is 6.10 Å². The molecule has 1 atom stereocenters. The molecule has 0 amide bonds. The van der Waals surface area contributed by atoms with E-state index in [1.807, 2.05) is 12.1 Å². The molecule has 3 aromatic rings. The summed E-state index contributed by atoms with van der Waals surface area (Å²) < 4.78 is 10.9. The van der Waals surface area contributed by atoms with Crippen molar-refractivity contribution in [3.8, 4) is 16.9 Å². The van der Waals surface area contributed by atoms with Crippen LogP contribution in [0.4, 0.5) is 0 Å². The predicted octanol–water partition coefficient (Wildman–Crippen LogP) is 4.65. The van der Waals surface area contributed by atoms with Crippen LogP contribution < -0.4 is 4.74 Å². The van der Waals surface area contributed by atoms with Gasteiger partial charge in [0.05, 0.1) is 13.7 Å². The second kappa shape index (κ2) is 4.62. The standard InChI is InChI=1S/C17H14O2S/c1-18-15-7-6-12(11-4-2-3-5-13(11)15)14-8-9-20-17(14)16-10-19-16/h2-9,16H,10H2,1H3. The second-order valence-electron chi connectivity index (χ2n) is 4.88. The largest absolute Gasteiger partial charge is 0.496 e. The zero-order valence-electron chi connectivity index (χ0n) is 11.1. The van der Waals surface area contributed by atoms with Crippen LogP contribution in [0.5, 0.6) is 5.75 Å². The highest BCUT2D eigenvalue weighted by atomic mass is 32.1. The Kier molecular flexibility index (Phi) is 2.76. The molecule has 0 spiro atoms. The Morgan fingerprint density at radius 2 is 1.85 bits per heavy atom. The van der Waals surface area contributed by atoms with Gasteiger partial charge in [-0.15, -0.1) is 11.3 Å². The fourth-order valence-corrected chi connectivity index (χ4v) is 3.62. The minimum atomic E-state index is 0.297. The van der Waals surface area contributed by atoms with Crippen LogP contribution in [0, 0.1) is 0 Å². The summed E-state index contributed by atoms with van der Waals surface area (Å²) in [5.41, 5.74) is 2.55. The van der Waals surface area contributed by atoms with Crippen LogP contribution in [0.3, 0.4) is 0 Å². The zero-order chi connectivity index (χ0) is 13.5. The number of hydrogen-bond acceptors (Lipinski definition) is 3. The molecular weight excluding hydrogens is 268 g/mol. The zero-order valence-corrected chi connectivity index (χ0v) is 11.9. The van der Waals surface area contributed by atoms with Crippen molar-refractivity contribution in [2.75, 3.05) is 13.7 Å². The van der Waals surface area contributed by atoms with E-state index in [2.05, 4.69) is 35.7 Å². The molecule has 20 heavy (non-hydrogen) atoms. The van der Waals surface area contributed by atoms with Gasteiger partial charge in [-0.05, 0) is 34.0 Å². The average Bonchev–Trinajstić information content (AvgIpc) is 3.24. The van der Waals surface area contributed by atoms with Crippen molar-refractivity contribution in [3.63, 3.8) is 0 Å². The lowest BCUT2D eigenvalue weighted by Crippen LogP contribution is -1.88. The van der Waals surface area contributed by atoms with Gasteiger partial charge in [-0.2, -0.15) is 0 Å². The number of fused-ring (bicyclic) bond motifs is 1. The molecule has 100 valence electrons. The lowest BCUT2D eigenvalue weighted by Gasteiger charge is -2.10. The number of ether oxygens (including phenoxy) is 2. The second-order valence-corrected chi connectivity index (χ2v) is 5.83. The monoisotopic (exact) mass is 282 g/mol. The van der Waals surface area contributed by atoms with Crippen LogP contribution in [0.15, 0.2) is 47.8 Å². The molecule has 0 bridgehead atoms. The Balaban J connectivity index is 1.98. The summed E-state index contributed by atoms with van der Waals surface area (Å²) in [6.07, 6.45) is 0.297. The van der Waals surface area contributed by atoms with Crippen molar-refractivity contribution in [2.24, 2.45) is 0 Å². The molecule has 1 saturated heterocycles. The molecular formula is C17H14O2S. The Labute approximate surface area is 121 Å². The summed E-state index contributed by atoms with van der Waals surface area (Å²) in [6, 6.07) is 14.8. The van der Waals surface area contributed by atoms with Gasteiger partial charge in [0.1, 0.15) is 11.9 Å². The highest BCUT2D eigenvalue weighted by Gasteiger charge is 2.29. The van der Waals surface area contributed by atoms with E-state index in [0.717, 1.165) is 17.7 Å². The minimum absolute atomic E-state index is 0.297. The summed E-state index contributed by atoms with van der Waals surface area (Å²) in [7, 11) is 1.72. The molecule has 0 saturated carbocycles. The maximum Gasteiger partial charge on any atom is 0.126 e. The maximum atomic E-state index is 5.47. The maximum absolute atomic E-state index is 5.47. The summed E-state index contributed by atoms with van der Waals surface area (Å²) in [6.45, 7) is 0.849. The summed E-state index contributed by atoms with van der Waals surface area (Å²) >= 11 is 1.78. The number of rotatable bonds is 3. The molecule has 1 aromatic heterocycles. The van der Waals surface area contributed by atoms with Crippen LogP contribution in [-0.2, 0) is 4.74 Å². The SMILES string of the molecule is COc1ccc(-c2ccsc2C2CO2)c2ccccc12. The van der Waals surface area contributed by atoms with E-state index in [1.165, 1.54) is 21.4 Å². The molecule has 1 aliphatic heterocycles. The molecule has 1 fully saturated rings. The first-order chi connectivity index (χ1) is 9.88. The Bertz CT molecular complexity index is 772. The molecule has 1 aliphatic rings. The number of benzene rings is 2. The molecule has 3 heteroatoms. The first kappa shape index (κ1) is 11.9. The third-order valence-corrected chi connectivity index (χ3v) is 4.72. The first-order valence-corrected chi connectivity index (χ1v) is 7.51. The van der Waals surface area contributed by atoms with Gasteiger partial charge in [0.15, 0.2) is 0 Å². The molecule has 1 unspecified atom stereocenters. The summed E-state index contributed by atoms with van der Waals surface area (Å²) in [5, 5.41) is 4.53. The molecule has 2 aromatic carbocycles. The molecule has 4 rings (SSSR count). The lowest BCUT2D eigenvalue weighted by atomic mass is 9.97. The molecule has 0 radical (unpaired) electrons. The predicted molar refractivity (Wildman–Crippen MR) is 82.5 cm³/mol. The van der Waals surface area contributed by atoms with Crippen molar-refractivity contribution < 1.29 is 9.47 Å². The minimum Gasteiger partial charge on any atom is -0.496 e. The van der Waals surface area contributed by atoms with Gasteiger partial charge in [-0.1, -0.05) is 30.3 Å². The van der Waals surface area contributed by atoms with Crippen LogP contribution >= 0.6 is 11.3 Å². The third-order valence-electron chi connectivity index (χ3n) is 3.72. The van der Waals surface area contributed by atoms with E-state index in [0.29, 0.717) is 6.10 Å². The highest BCUT2D eigenvalue weighted by Crippen LogP contribution is 2.43. The van der Waals surface area contributed by atoms with Crippen LogP contribution in [0.1, 0.15) is 11.0 Å². The quantitative estimate of drug-likeness (QED) is 0.652. The van der Waals surface area contributed by atoms with E-state index in [9.17, 15) is 0 Å². The fourth-order valence-electron chi connectivity index (χ4n) is 2.68. The Morgan fingerprint density at radius 3 is 2.60 bits per heavy atom. The van der Waals surface area contributed by atoms with Crippen molar-refractivity contribution in [1.82, 2.24) is 0 Å². The Hall–Kier alpha value is -1.84. The first-order valence-electron chi connectivity index (χ1n) is 6.63. The van der Waals surface area contributed by atoms with E-state index >= 15 is 0 Å². The molecule has 0 N–H and O–H groups in total. The van der Waals surface area contributed by atoms with Gasteiger partial charge in [0, 0.05) is 10.3 Å². The van der Waals surface area contributed by atoms with Gasteiger partial charge in [-0.3, -0.25) is 0 Å². The van der Waals surface area contributed by atoms with Gasteiger partial charge < -0.3 is 9.47 Å². The number of thiophene rings is 1. The number of epoxide rings is 1. The van der Waals surface area contributed by atoms with Crippen LogP contribution in [-0.4, -0.2) is 13.7 Å². The van der Waals surface area contributed by atoms with Crippen molar-refractivity contribution in [1.29, 1.82) is 0 Å². The number of methoxy groups -OCH3 is 1. The van der Waals surface area contributed by atoms with Gasteiger partial charge in [-0.25, -0.2) is 0 Å². The molecule has 2 heterocycles. The van der Waals surface area contributed by atoms with Gasteiger partial charge >= 0.3 is 0 Å². The van der Waals surface area contributed by atoms with E-state index in [1.54, 1.807) is 18.4 Å². The topological polar surface area (TPSA) is 21.8 Å². The van der Waals surface area contributed by atoms with Crippen molar-refractivity contribution in [3.05, 3.63) is 52.7 Å². The highest BCUT2D eigenvalue weighted by molar-refractivity contribution is 7.10. The van der Waals surface area contributed by atoms with E-state index < -0.39 is 0 Å². The van der Waals surface area contributed by atoms with Crippen LogP contribution in [0.2, 0.25) is 0 Å². The lowest BCUT2D eigenvalue weighted by molar-refractivity contribution is 0.419. The Morgan fingerprint density at radius 1 is 1.05 bits per heavy atom. The average molecular weight is 282 g/mol. The fraction of sp³-hybridized carbons (Fsp3) is 0.176. The smallest absolute Gasteiger partial charge is 0.126 e. The van der Waals surface area contributed by atoms with E-state index in [-0.39, 0.29) is 0 Å². The van der Waals surface area contributed by atoms with Gasteiger partial charge in [0.2, 0.25) is 0 Å². The van der Waals surface area contributed by atoms with Crippen LogP contribution in [0.25, 0.3) is 21.9 Å². The van der Waals surface area contributed by atoms with Gasteiger partial charge in [0.25, 0.3) is 0 Å². The van der Waals surface area contributed by atoms with Crippen molar-refractivity contribution >= 4 is 22.1 Å². The molecule has 2 nitrogen and oxygen atoms in total. The summed E-state index contributed by atoms with van der Waals surface area (Å²) in [5.74, 6) is 0.920. The summed E-state index contributed by atoms with van der Waals surface area (Å²) in [4.78, 5) is 1.33. The number of hydrogen-bond donors (Lipinski definition) is 0.